The number of para-hydroxylation sites is 2. The smallest absolute Gasteiger partial charge is 0.257 e. The number of amides is 1. The number of nitrogens with one attached hydrogen (secondary N) is 1. The van der Waals surface area contributed by atoms with Crippen molar-refractivity contribution >= 4 is 5.91 Å². The summed E-state index contributed by atoms with van der Waals surface area (Å²) >= 11 is 0. The van der Waals surface area contributed by atoms with Gasteiger partial charge in [0.25, 0.3) is 5.91 Å². The summed E-state index contributed by atoms with van der Waals surface area (Å²) < 4.78 is 22.1. The van der Waals surface area contributed by atoms with E-state index in [4.69, 9.17) is 18.9 Å². The predicted molar refractivity (Wildman–Crippen MR) is 99.8 cm³/mol. The van der Waals surface area contributed by atoms with Crippen LogP contribution in [0.2, 0.25) is 0 Å². The maximum absolute atomic E-state index is 12.2. The first-order valence-corrected chi connectivity index (χ1v) is 9.13. The maximum Gasteiger partial charge on any atom is 0.257 e. The average molecular weight is 369 g/mol. The van der Waals surface area contributed by atoms with Gasteiger partial charge in [0.15, 0.2) is 29.6 Å². The van der Waals surface area contributed by atoms with Crippen molar-refractivity contribution < 1.29 is 23.7 Å². The van der Waals surface area contributed by atoms with E-state index in [-0.39, 0.29) is 17.9 Å². The van der Waals surface area contributed by atoms with E-state index in [1.807, 2.05) is 24.3 Å². The molecular weight excluding hydrogens is 346 g/mol. The van der Waals surface area contributed by atoms with Gasteiger partial charge >= 0.3 is 0 Å². The van der Waals surface area contributed by atoms with Crippen molar-refractivity contribution in [2.24, 2.45) is 0 Å². The molecule has 2 aliphatic rings. The molecule has 2 aromatic carbocycles. The Morgan fingerprint density at radius 1 is 1.07 bits per heavy atom. The quantitative estimate of drug-likeness (QED) is 0.813. The van der Waals surface area contributed by atoms with E-state index < -0.39 is 0 Å². The number of carbonyl (C=O) groups excluding carboxylic acids is 1. The Morgan fingerprint density at radius 2 is 1.81 bits per heavy atom. The molecule has 1 N–H and O–H groups in total. The van der Waals surface area contributed by atoms with Gasteiger partial charge in [0.1, 0.15) is 13.2 Å². The number of ether oxygens (including phenoxy) is 4. The summed E-state index contributed by atoms with van der Waals surface area (Å²) in [4.78, 5) is 12.2. The largest absolute Gasteiger partial charge is 0.493 e. The van der Waals surface area contributed by atoms with Crippen LogP contribution in [0.3, 0.4) is 0 Å². The summed E-state index contributed by atoms with van der Waals surface area (Å²) in [5, 5.41) is 2.99. The second kappa shape index (κ2) is 7.39. The third-order valence-corrected chi connectivity index (χ3v) is 5.06. The molecule has 6 heteroatoms. The van der Waals surface area contributed by atoms with Crippen LogP contribution in [0.5, 0.6) is 23.0 Å². The van der Waals surface area contributed by atoms with Crippen LogP contribution in [0.15, 0.2) is 42.5 Å². The molecule has 0 saturated heterocycles. The van der Waals surface area contributed by atoms with E-state index in [0.717, 1.165) is 24.3 Å². The molecule has 0 unspecified atom stereocenters. The van der Waals surface area contributed by atoms with E-state index in [1.165, 1.54) is 5.56 Å². The van der Waals surface area contributed by atoms with Crippen LogP contribution >= 0.6 is 0 Å². The molecule has 1 aliphatic carbocycles. The van der Waals surface area contributed by atoms with Gasteiger partial charge in [0.05, 0.1) is 7.11 Å². The second-order valence-corrected chi connectivity index (χ2v) is 6.86. The minimum absolute atomic E-state index is 0.0179. The van der Waals surface area contributed by atoms with Gasteiger partial charge < -0.3 is 24.3 Å². The zero-order valence-corrected chi connectivity index (χ0v) is 15.3. The monoisotopic (exact) mass is 369 g/mol. The lowest BCUT2D eigenvalue weighted by Crippen LogP contribution is -2.35. The highest BCUT2D eigenvalue weighted by atomic mass is 16.6. The van der Waals surface area contributed by atoms with Gasteiger partial charge in [-0.3, -0.25) is 4.79 Å². The Labute approximate surface area is 158 Å². The molecule has 1 aliphatic heterocycles. The van der Waals surface area contributed by atoms with E-state index in [1.54, 1.807) is 19.2 Å². The molecule has 4 rings (SSSR count). The number of hydrogen-bond donors (Lipinski definition) is 1. The lowest BCUT2D eigenvalue weighted by atomic mass is 9.95. The summed E-state index contributed by atoms with van der Waals surface area (Å²) in [5.41, 5.74) is 1.16. The number of rotatable bonds is 7. The molecule has 0 aromatic heterocycles. The average Bonchev–Trinajstić information content (AvgIpc) is 3.52. The van der Waals surface area contributed by atoms with Crippen molar-refractivity contribution in [3.8, 4) is 23.0 Å². The Kier molecular flexibility index (Phi) is 4.79. The van der Waals surface area contributed by atoms with Crippen LogP contribution in [-0.2, 0) is 10.2 Å². The van der Waals surface area contributed by atoms with Crippen LogP contribution in [0.25, 0.3) is 0 Å². The summed E-state index contributed by atoms with van der Waals surface area (Å²) in [6.45, 7) is 1.69. The first-order chi connectivity index (χ1) is 13.2. The molecule has 1 saturated carbocycles. The van der Waals surface area contributed by atoms with Crippen LogP contribution in [0.1, 0.15) is 18.4 Å². The first kappa shape index (κ1) is 17.5. The zero-order valence-electron chi connectivity index (χ0n) is 15.3. The van der Waals surface area contributed by atoms with E-state index in [0.29, 0.717) is 31.3 Å². The molecule has 142 valence electrons. The third-order valence-electron chi connectivity index (χ3n) is 5.06. The topological polar surface area (TPSA) is 66.0 Å². The van der Waals surface area contributed by atoms with E-state index >= 15 is 0 Å². The Hall–Kier alpha value is -2.89. The van der Waals surface area contributed by atoms with Gasteiger partial charge in [-0.05, 0) is 42.7 Å². The standard InChI is InChI=1S/C21H23NO5/c1-24-16-4-2-3-5-17(16)27-13-20(23)22-14-21(8-9-21)15-6-7-18-19(12-15)26-11-10-25-18/h2-7,12H,8-11,13-14H2,1H3,(H,22,23). The fourth-order valence-corrected chi connectivity index (χ4v) is 3.29. The van der Waals surface area contributed by atoms with Crippen molar-refractivity contribution in [2.45, 2.75) is 18.3 Å². The molecule has 0 atom stereocenters. The van der Waals surface area contributed by atoms with E-state index in [2.05, 4.69) is 11.4 Å². The normalized spacial score (nSPS) is 16.3. The Balaban J connectivity index is 1.33. The van der Waals surface area contributed by atoms with Gasteiger partial charge in [0.2, 0.25) is 0 Å². The maximum atomic E-state index is 12.2. The van der Waals surface area contributed by atoms with Crippen molar-refractivity contribution in [2.75, 3.05) is 33.5 Å². The highest BCUT2D eigenvalue weighted by Crippen LogP contribution is 2.49. The fourth-order valence-electron chi connectivity index (χ4n) is 3.29. The highest BCUT2D eigenvalue weighted by molar-refractivity contribution is 5.77. The second-order valence-electron chi connectivity index (χ2n) is 6.86. The number of benzene rings is 2. The lowest BCUT2D eigenvalue weighted by Gasteiger charge is -2.22. The van der Waals surface area contributed by atoms with Gasteiger partial charge in [-0.25, -0.2) is 0 Å². The fraction of sp³-hybridized carbons (Fsp3) is 0.381. The Morgan fingerprint density at radius 3 is 2.56 bits per heavy atom. The summed E-state index contributed by atoms with van der Waals surface area (Å²) in [6.07, 6.45) is 2.08. The zero-order chi connectivity index (χ0) is 18.7. The van der Waals surface area contributed by atoms with Crippen LogP contribution < -0.4 is 24.3 Å². The minimum Gasteiger partial charge on any atom is -0.493 e. The number of methoxy groups -OCH3 is 1. The lowest BCUT2D eigenvalue weighted by molar-refractivity contribution is -0.123. The van der Waals surface area contributed by atoms with Gasteiger partial charge in [-0.15, -0.1) is 0 Å². The predicted octanol–water partition coefficient (Wildman–Crippen LogP) is 2.69. The number of hydrogen-bond acceptors (Lipinski definition) is 5. The molecule has 0 spiro atoms. The molecule has 0 bridgehead atoms. The molecule has 1 amide bonds. The SMILES string of the molecule is COc1ccccc1OCC(=O)NCC1(c2ccc3c(c2)OCCO3)CC1. The Bertz CT molecular complexity index is 831. The van der Waals surface area contributed by atoms with Crippen LogP contribution in [-0.4, -0.2) is 39.4 Å². The summed E-state index contributed by atoms with van der Waals surface area (Å²) in [6, 6.07) is 13.3. The van der Waals surface area contributed by atoms with Crippen molar-refractivity contribution in [1.82, 2.24) is 5.32 Å². The van der Waals surface area contributed by atoms with Gasteiger partial charge in [-0.2, -0.15) is 0 Å². The number of carbonyl (C=O) groups is 1. The third kappa shape index (κ3) is 3.79. The van der Waals surface area contributed by atoms with Gasteiger partial charge in [-0.1, -0.05) is 18.2 Å². The number of fused-ring (bicyclic) bond motifs is 1. The molecule has 1 fully saturated rings. The highest BCUT2D eigenvalue weighted by Gasteiger charge is 2.44. The molecule has 0 radical (unpaired) electrons. The summed E-state index contributed by atoms with van der Waals surface area (Å²) in [7, 11) is 1.58. The van der Waals surface area contributed by atoms with Crippen LogP contribution in [0, 0.1) is 0 Å². The van der Waals surface area contributed by atoms with Crippen LogP contribution in [0.4, 0.5) is 0 Å². The first-order valence-electron chi connectivity index (χ1n) is 9.13. The van der Waals surface area contributed by atoms with Crippen molar-refractivity contribution in [1.29, 1.82) is 0 Å². The molecular formula is C21H23NO5. The van der Waals surface area contributed by atoms with Crippen molar-refractivity contribution in [3.05, 3.63) is 48.0 Å². The molecule has 6 nitrogen and oxygen atoms in total. The van der Waals surface area contributed by atoms with Gasteiger partial charge in [0, 0.05) is 12.0 Å². The minimum atomic E-state index is -0.148. The molecule has 27 heavy (non-hydrogen) atoms. The summed E-state index contributed by atoms with van der Waals surface area (Å²) in [5.74, 6) is 2.60. The van der Waals surface area contributed by atoms with E-state index in [9.17, 15) is 4.79 Å². The molecule has 1 heterocycles. The van der Waals surface area contributed by atoms with Crippen molar-refractivity contribution in [3.63, 3.8) is 0 Å². The molecule has 2 aromatic rings.